The van der Waals surface area contributed by atoms with E-state index in [2.05, 4.69) is 15.4 Å². The van der Waals surface area contributed by atoms with Gasteiger partial charge in [0.2, 0.25) is 10.0 Å². The van der Waals surface area contributed by atoms with Crippen molar-refractivity contribution in [3.63, 3.8) is 0 Å². The van der Waals surface area contributed by atoms with Gasteiger partial charge in [0, 0.05) is 43.7 Å². The molecule has 154 valence electrons. The van der Waals surface area contributed by atoms with Gasteiger partial charge in [0.1, 0.15) is 0 Å². The van der Waals surface area contributed by atoms with E-state index in [4.69, 9.17) is 4.74 Å². The number of carbonyl (C=O) groups excluding carboxylic acids is 2. The third kappa shape index (κ3) is 5.11. The molecule has 0 atom stereocenters. The molecule has 3 amide bonds. The number of anilines is 2. The summed E-state index contributed by atoms with van der Waals surface area (Å²) in [6.45, 7) is 1.56. The highest BCUT2D eigenvalue weighted by molar-refractivity contribution is 7.89. The Labute approximate surface area is 169 Å². The van der Waals surface area contributed by atoms with E-state index in [1.807, 2.05) is 0 Å². The van der Waals surface area contributed by atoms with E-state index in [0.29, 0.717) is 18.8 Å². The van der Waals surface area contributed by atoms with Gasteiger partial charge in [-0.05, 0) is 42.5 Å². The molecule has 1 heterocycles. The van der Waals surface area contributed by atoms with E-state index in [9.17, 15) is 18.0 Å². The first-order chi connectivity index (χ1) is 13.9. The Bertz CT molecular complexity index is 992. The molecule has 3 rings (SSSR count). The average Bonchev–Trinajstić information content (AvgIpc) is 3.15. The van der Waals surface area contributed by atoms with Crippen molar-refractivity contribution in [1.82, 2.24) is 10.0 Å². The maximum Gasteiger partial charge on any atom is 0.321 e. The topological polar surface area (TPSA) is 117 Å². The fraction of sp³-hybridized carbons (Fsp3) is 0.263. The van der Waals surface area contributed by atoms with Gasteiger partial charge < -0.3 is 15.4 Å². The summed E-state index contributed by atoms with van der Waals surface area (Å²) in [5.74, 6) is -0.439. The first-order valence-corrected chi connectivity index (χ1v) is 10.4. The molecule has 0 saturated carbocycles. The lowest BCUT2D eigenvalue weighted by atomic mass is 10.2. The molecule has 0 aromatic heterocycles. The van der Waals surface area contributed by atoms with Gasteiger partial charge in [-0.2, -0.15) is 0 Å². The van der Waals surface area contributed by atoms with Crippen LogP contribution >= 0.6 is 0 Å². The van der Waals surface area contributed by atoms with Crippen LogP contribution in [0.5, 0.6) is 0 Å². The van der Waals surface area contributed by atoms with Crippen LogP contribution in [0.3, 0.4) is 0 Å². The molecule has 1 aliphatic rings. The first-order valence-electron chi connectivity index (χ1n) is 8.96. The number of nitrogens with one attached hydrogen (secondary N) is 3. The van der Waals surface area contributed by atoms with E-state index in [1.54, 1.807) is 29.2 Å². The molecule has 29 heavy (non-hydrogen) atoms. The number of amides is 3. The zero-order chi connectivity index (χ0) is 20.9. The Morgan fingerprint density at radius 2 is 1.97 bits per heavy atom. The molecule has 9 nitrogen and oxygen atoms in total. The van der Waals surface area contributed by atoms with E-state index >= 15 is 0 Å². The molecule has 3 N–H and O–H groups in total. The maximum absolute atomic E-state index is 12.5. The van der Waals surface area contributed by atoms with E-state index < -0.39 is 15.9 Å². The number of nitrogens with zero attached hydrogens (tertiary/aromatic N) is 1. The summed E-state index contributed by atoms with van der Waals surface area (Å²) in [6.07, 6.45) is 0. The second kappa shape index (κ2) is 9.03. The minimum atomic E-state index is -3.74. The van der Waals surface area contributed by atoms with Gasteiger partial charge in [-0.3, -0.25) is 9.69 Å². The second-order valence-electron chi connectivity index (χ2n) is 6.30. The lowest BCUT2D eigenvalue weighted by molar-refractivity contribution is 0.102. The Morgan fingerprint density at radius 1 is 1.21 bits per heavy atom. The summed E-state index contributed by atoms with van der Waals surface area (Å²) in [5.41, 5.74) is 1.47. The minimum absolute atomic E-state index is 0.00310. The molecule has 0 bridgehead atoms. The van der Waals surface area contributed by atoms with Crippen LogP contribution in [0.15, 0.2) is 53.4 Å². The number of benzene rings is 2. The predicted molar refractivity (Wildman–Crippen MR) is 109 cm³/mol. The van der Waals surface area contributed by atoms with E-state index in [1.165, 1.54) is 31.4 Å². The third-order valence-corrected chi connectivity index (χ3v) is 5.76. The molecule has 1 aliphatic heterocycles. The monoisotopic (exact) mass is 418 g/mol. The van der Waals surface area contributed by atoms with Crippen molar-refractivity contribution < 1.29 is 22.7 Å². The molecule has 0 radical (unpaired) electrons. The molecule has 2 aromatic rings. The van der Waals surface area contributed by atoms with Gasteiger partial charge in [0.15, 0.2) is 0 Å². The van der Waals surface area contributed by atoms with Gasteiger partial charge >= 0.3 is 6.03 Å². The lowest BCUT2D eigenvalue weighted by Crippen LogP contribution is -2.27. The summed E-state index contributed by atoms with van der Waals surface area (Å²) in [4.78, 5) is 25.8. The largest absolute Gasteiger partial charge is 0.383 e. The Balaban J connectivity index is 1.68. The van der Waals surface area contributed by atoms with Crippen LogP contribution in [0.1, 0.15) is 10.4 Å². The van der Waals surface area contributed by atoms with Crippen molar-refractivity contribution in [2.45, 2.75) is 4.90 Å². The number of hydrogen-bond acceptors (Lipinski definition) is 5. The number of sulfonamides is 1. The summed E-state index contributed by atoms with van der Waals surface area (Å²) >= 11 is 0. The van der Waals surface area contributed by atoms with Crippen LogP contribution in [0.25, 0.3) is 0 Å². The molecule has 2 aromatic carbocycles. The first kappa shape index (κ1) is 20.8. The normalized spacial score (nSPS) is 14.0. The number of carbonyl (C=O) groups is 2. The van der Waals surface area contributed by atoms with Crippen molar-refractivity contribution in [2.24, 2.45) is 0 Å². The van der Waals surface area contributed by atoms with E-state index in [-0.39, 0.29) is 29.6 Å². The van der Waals surface area contributed by atoms with Gasteiger partial charge in [-0.15, -0.1) is 0 Å². The summed E-state index contributed by atoms with van der Waals surface area (Å²) < 4.78 is 31.8. The van der Waals surface area contributed by atoms with Gasteiger partial charge in [0.05, 0.1) is 11.5 Å². The summed E-state index contributed by atoms with van der Waals surface area (Å²) in [5, 5.41) is 5.45. The highest BCUT2D eigenvalue weighted by Gasteiger charge is 2.21. The molecule has 10 heteroatoms. The number of urea groups is 1. The van der Waals surface area contributed by atoms with Gasteiger partial charge in [-0.25, -0.2) is 17.9 Å². The zero-order valence-electron chi connectivity index (χ0n) is 15.8. The maximum atomic E-state index is 12.5. The van der Waals surface area contributed by atoms with Crippen LogP contribution in [0.2, 0.25) is 0 Å². The fourth-order valence-electron chi connectivity index (χ4n) is 2.81. The molecule has 1 fully saturated rings. The Hall–Kier alpha value is -2.95. The minimum Gasteiger partial charge on any atom is -0.383 e. The van der Waals surface area contributed by atoms with Crippen molar-refractivity contribution >= 4 is 33.3 Å². The summed E-state index contributed by atoms with van der Waals surface area (Å²) in [6, 6.07) is 12.5. The van der Waals surface area contributed by atoms with Crippen LogP contribution in [-0.2, 0) is 14.8 Å². The second-order valence-corrected chi connectivity index (χ2v) is 8.07. The standard InChI is InChI=1S/C19H22N4O5S/c1-28-12-10-21-29(26,27)17-4-2-3-14(13-17)18(24)22-15-5-7-16(8-6-15)23-11-9-20-19(23)25/h2-8,13,21H,9-12H2,1H3,(H,20,25)(H,22,24). The van der Waals surface area contributed by atoms with Crippen molar-refractivity contribution in [3.8, 4) is 0 Å². The predicted octanol–water partition coefficient (Wildman–Crippen LogP) is 1.39. The molecule has 0 unspecified atom stereocenters. The Morgan fingerprint density at radius 3 is 2.62 bits per heavy atom. The quantitative estimate of drug-likeness (QED) is 0.560. The number of hydrogen-bond donors (Lipinski definition) is 3. The smallest absolute Gasteiger partial charge is 0.321 e. The highest BCUT2D eigenvalue weighted by atomic mass is 32.2. The molecular formula is C19H22N4O5S. The third-order valence-electron chi connectivity index (χ3n) is 4.30. The molecule has 0 spiro atoms. The van der Waals surface area contributed by atoms with Crippen molar-refractivity contribution in [1.29, 1.82) is 0 Å². The highest BCUT2D eigenvalue weighted by Crippen LogP contribution is 2.20. The fourth-order valence-corrected chi connectivity index (χ4v) is 3.87. The average molecular weight is 418 g/mol. The van der Waals surface area contributed by atoms with E-state index in [0.717, 1.165) is 5.69 Å². The van der Waals surface area contributed by atoms with Crippen molar-refractivity contribution in [3.05, 3.63) is 54.1 Å². The SMILES string of the molecule is COCCNS(=O)(=O)c1cccc(C(=O)Nc2ccc(N3CCNC3=O)cc2)c1. The molecule has 1 saturated heterocycles. The van der Waals surface area contributed by atoms with Gasteiger partial charge in [-0.1, -0.05) is 6.07 Å². The number of ether oxygens (including phenoxy) is 1. The lowest BCUT2D eigenvalue weighted by Gasteiger charge is -2.15. The summed E-state index contributed by atoms with van der Waals surface area (Å²) in [7, 11) is -2.26. The molecule has 0 aliphatic carbocycles. The van der Waals surface area contributed by atoms with Crippen LogP contribution in [-0.4, -0.2) is 53.7 Å². The zero-order valence-corrected chi connectivity index (χ0v) is 16.7. The number of rotatable bonds is 8. The van der Waals surface area contributed by atoms with Gasteiger partial charge in [0.25, 0.3) is 5.91 Å². The van der Waals surface area contributed by atoms with Crippen molar-refractivity contribution in [2.75, 3.05) is 43.6 Å². The molecular weight excluding hydrogens is 396 g/mol. The number of methoxy groups -OCH3 is 1. The van der Waals surface area contributed by atoms with Crippen LogP contribution in [0.4, 0.5) is 16.2 Å². The van der Waals surface area contributed by atoms with Crippen LogP contribution < -0.4 is 20.3 Å². The van der Waals surface area contributed by atoms with Crippen LogP contribution in [0, 0.1) is 0 Å². The Kier molecular flexibility index (Phi) is 6.47.